The third-order valence-corrected chi connectivity index (χ3v) is 4.68. The zero-order valence-electron chi connectivity index (χ0n) is 11.2. The van der Waals surface area contributed by atoms with Gasteiger partial charge in [0.05, 0.1) is 15.4 Å². The van der Waals surface area contributed by atoms with Crippen molar-refractivity contribution in [3.63, 3.8) is 0 Å². The highest BCUT2D eigenvalue weighted by molar-refractivity contribution is 9.10. The first-order valence-electron chi connectivity index (χ1n) is 6.39. The van der Waals surface area contributed by atoms with Gasteiger partial charge in [0.25, 0.3) is 0 Å². The second kappa shape index (κ2) is 5.77. The summed E-state index contributed by atoms with van der Waals surface area (Å²) in [6.45, 7) is 1.94. The molecule has 1 aromatic carbocycles. The lowest BCUT2D eigenvalue weighted by Crippen LogP contribution is -1.97. The molecule has 0 aliphatic carbocycles. The molecule has 0 amide bonds. The van der Waals surface area contributed by atoms with Crippen LogP contribution in [0.2, 0.25) is 0 Å². The Morgan fingerprint density at radius 2 is 1.76 bits per heavy atom. The summed E-state index contributed by atoms with van der Waals surface area (Å²) in [4.78, 5) is 8.89. The molecule has 2 heterocycles. The van der Waals surface area contributed by atoms with E-state index in [0.717, 1.165) is 31.6 Å². The lowest BCUT2D eigenvalue weighted by atomic mass is 10.1. The van der Waals surface area contributed by atoms with Crippen molar-refractivity contribution in [3.8, 4) is 0 Å². The van der Waals surface area contributed by atoms with Gasteiger partial charge in [0.1, 0.15) is 11.6 Å². The molecule has 0 aliphatic heterocycles. The van der Waals surface area contributed by atoms with Crippen molar-refractivity contribution in [2.45, 2.75) is 19.8 Å². The number of thiazole rings is 1. The van der Waals surface area contributed by atoms with Crippen LogP contribution in [0, 0.1) is 18.6 Å². The molecule has 0 N–H and O–H groups in total. The van der Waals surface area contributed by atoms with Crippen LogP contribution in [-0.2, 0) is 12.8 Å². The summed E-state index contributed by atoms with van der Waals surface area (Å²) in [6.07, 6.45) is 1.12. The Balaban J connectivity index is 1.85. The number of fused-ring (bicyclic) bond motifs is 1. The van der Waals surface area contributed by atoms with Crippen molar-refractivity contribution in [1.82, 2.24) is 9.97 Å². The standard InChI is InChI=1S/C15H11BrF2N2S/c1-8-19-15-14(21-8)7-12(16)13(20-15)3-2-9-4-10(17)6-11(18)5-9/h4-7H,2-3H2,1H3. The second-order valence-corrected chi connectivity index (χ2v) is 6.84. The summed E-state index contributed by atoms with van der Waals surface area (Å²) < 4.78 is 28.3. The predicted molar refractivity (Wildman–Crippen MR) is 83.6 cm³/mol. The fourth-order valence-electron chi connectivity index (χ4n) is 2.18. The van der Waals surface area contributed by atoms with Crippen LogP contribution in [0.4, 0.5) is 8.78 Å². The summed E-state index contributed by atoms with van der Waals surface area (Å²) in [7, 11) is 0. The molecule has 0 atom stereocenters. The van der Waals surface area contributed by atoms with Gasteiger partial charge in [-0.2, -0.15) is 0 Å². The molecule has 108 valence electrons. The van der Waals surface area contributed by atoms with E-state index in [-0.39, 0.29) is 0 Å². The summed E-state index contributed by atoms with van der Waals surface area (Å²) in [5.74, 6) is -1.11. The zero-order valence-corrected chi connectivity index (χ0v) is 13.6. The quantitative estimate of drug-likeness (QED) is 0.661. The van der Waals surface area contributed by atoms with Crippen molar-refractivity contribution in [2.75, 3.05) is 0 Å². The van der Waals surface area contributed by atoms with E-state index >= 15 is 0 Å². The number of halogens is 3. The summed E-state index contributed by atoms with van der Waals surface area (Å²) in [5, 5.41) is 0.966. The molecule has 0 radical (unpaired) electrons. The molecular formula is C15H11BrF2N2S. The maximum atomic E-state index is 13.2. The van der Waals surface area contributed by atoms with Gasteiger partial charge in [-0.15, -0.1) is 11.3 Å². The average molecular weight is 369 g/mol. The van der Waals surface area contributed by atoms with E-state index in [4.69, 9.17) is 0 Å². The number of pyridine rings is 1. The largest absolute Gasteiger partial charge is 0.231 e. The van der Waals surface area contributed by atoms with Crippen molar-refractivity contribution < 1.29 is 8.78 Å². The molecule has 0 spiro atoms. The van der Waals surface area contributed by atoms with Crippen LogP contribution in [0.25, 0.3) is 10.3 Å². The Bertz CT molecular complexity index is 797. The zero-order chi connectivity index (χ0) is 15.0. The van der Waals surface area contributed by atoms with Gasteiger partial charge in [-0.1, -0.05) is 0 Å². The van der Waals surface area contributed by atoms with Gasteiger partial charge in [0, 0.05) is 10.5 Å². The summed E-state index contributed by atoms with van der Waals surface area (Å²) >= 11 is 5.09. The Hall–Kier alpha value is -1.40. The molecular weight excluding hydrogens is 358 g/mol. The molecule has 21 heavy (non-hydrogen) atoms. The number of hydrogen-bond donors (Lipinski definition) is 0. The number of aromatic nitrogens is 2. The third-order valence-electron chi connectivity index (χ3n) is 3.09. The minimum atomic E-state index is -0.553. The third kappa shape index (κ3) is 3.27. The van der Waals surface area contributed by atoms with E-state index in [1.807, 2.05) is 13.0 Å². The van der Waals surface area contributed by atoms with Crippen LogP contribution in [0.3, 0.4) is 0 Å². The lowest BCUT2D eigenvalue weighted by Gasteiger charge is -2.05. The van der Waals surface area contributed by atoms with E-state index < -0.39 is 11.6 Å². The minimum Gasteiger partial charge on any atom is -0.231 e. The molecule has 0 aliphatic rings. The lowest BCUT2D eigenvalue weighted by molar-refractivity contribution is 0.579. The van der Waals surface area contributed by atoms with Gasteiger partial charge < -0.3 is 0 Å². The van der Waals surface area contributed by atoms with Gasteiger partial charge >= 0.3 is 0 Å². The number of hydrogen-bond acceptors (Lipinski definition) is 3. The fourth-order valence-corrected chi connectivity index (χ4v) is 3.66. The highest BCUT2D eigenvalue weighted by Crippen LogP contribution is 2.26. The van der Waals surface area contributed by atoms with Crippen LogP contribution in [0.5, 0.6) is 0 Å². The number of nitrogens with zero attached hydrogens (tertiary/aromatic N) is 2. The van der Waals surface area contributed by atoms with E-state index in [1.165, 1.54) is 12.1 Å². The van der Waals surface area contributed by atoms with Gasteiger partial charge in [-0.05, 0) is 59.5 Å². The number of aryl methyl sites for hydroxylation is 3. The minimum absolute atomic E-state index is 0.523. The smallest absolute Gasteiger partial charge is 0.170 e. The monoisotopic (exact) mass is 368 g/mol. The topological polar surface area (TPSA) is 25.8 Å². The van der Waals surface area contributed by atoms with Crippen LogP contribution < -0.4 is 0 Å². The highest BCUT2D eigenvalue weighted by Gasteiger charge is 2.09. The Labute approximate surface area is 133 Å². The number of benzene rings is 1. The molecule has 0 saturated carbocycles. The van der Waals surface area contributed by atoms with Crippen LogP contribution in [0.1, 0.15) is 16.3 Å². The normalized spacial score (nSPS) is 11.2. The molecule has 6 heteroatoms. The predicted octanol–water partition coefficient (Wildman–Crippen LogP) is 4.83. The molecule has 3 rings (SSSR count). The van der Waals surface area contributed by atoms with Crippen molar-refractivity contribution in [3.05, 3.63) is 56.6 Å². The number of rotatable bonds is 3. The highest BCUT2D eigenvalue weighted by atomic mass is 79.9. The molecule has 2 aromatic heterocycles. The van der Waals surface area contributed by atoms with E-state index in [9.17, 15) is 8.78 Å². The van der Waals surface area contributed by atoms with E-state index in [1.54, 1.807) is 11.3 Å². The SMILES string of the molecule is Cc1nc2nc(CCc3cc(F)cc(F)c3)c(Br)cc2s1. The molecule has 3 aromatic rings. The molecule has 0 unspecified atom stereocenters. The van der Waals surface area contributed by atoms with Crippen molar-refractivity contribution >= 4 is 37.6 Å². The van der Waals surface area contributed by atoms with Crippen molar-refractivity contribution in [1.29, 1.82) is 0 Å². The van der Waals surface area contributed by atoms with Gasteiger partial charge in [-0.3, -0.25) is 0 Å². The average Bonchev–Trinajstić information content (AvgIpc) is 2.74. The van der Waals surface area contributed by atoms with Crippen LogP contribution >= 0.6 is 27.3 Å². The van der Waals surface area contributed by atoms with Crippen LogP contribution in [-0.4, -0.2) is 9.97 Å². The van der Waals surface area contributed by atoms with Crippen LogP contribution in [0.15, 0.2) is 28.7 Å². The second-order valence-electron chi connectivity index (χ2n) is 4.75. The van der Waals surface area contributed by atoms with Gasteiger partial charge in [-0.25, -0.2) is 18.7 Å². The van der Waals surface area contributed by atoms with E-state index in [0.29, 0.717) is 18.4 Å². The van der Waals surface area contributed by atoms with Crippen molar-refractivity contribution in [2.24, 2.45) is 0 Å². The summed E-state index contributed by atoms with van der Waals surface area (Å²) in [5.41, 5.74) is 2.19. The first kappa shape index (κ1) is 14.5. The van der Waals surface area contributed by atoms with Gasteiger partial charge in [0.15, 0.2) is 5.65 Å². The fraction of sp³-hybridized carbons (Fsp3) is 0.200. The maximum Gasteiger partial charge on any atom is 0.170 e. The Morgan fingerprint density at radius 3 is 2.48 bits per heavy atom. The maximum absolute atomic E-state index is 13.2. The first-order chi connectivity index (χ1) is 10.0. The Kier molecular flexibility index (Phi) is 3.99. The first-order valence-corrected chi connectivity index (χ1v) is 8.00. The molecule has 2 nitrogen and oxygen atoms in total. The molecule has 0 bridgehead atoms. The summed E-state index contributed by atoms with van der Waals surface area (Å²) in [6, 6.07) is 5.57. The van der Waals surface area contributed by atoms with Gasteiger partial charge in [0.2, 0.25) is 0 Å². The Morgan fingerprint density at radius 1 is 1.05 bits per heavy atom. The molecule has 0 saturated heterocycles. The molecule has 0 fully saturated rings. The van der Waals surface area contributed by atoms with E-state index in [2.05, 4.69) is 25.9 Å².